The smallest absolute Gasteiger partial charge is 0.243 e. The summed E-state index contributed by atoms with van der Waals surface area (Å²) >= 11 is 0. The Morgan fingerprint density at radius 3 is 2.59 bits per heavy atom. The van der Waals surface area contributed by atoms with Gasteiger partial charge in [0.15, 0.2) is 5.82 Å². The minimum absolute atomic E-state index is 0.0458. The molecule has 2 aliphatic rings. The lowest BCUT2D eigenvalue weighted by atomic mass is 10.2. The number of benzene rings is 1. The Kier molecular flexibility index (Phi) is 4.73. The second kappa shape index (κ2) is 7.05. The van der Waals surface area contributed by atoms with Crippen molar-refractivity contribution in [3.05, 3.63) is 42.0 Å². The maximum absolute atomic E-state index is 13.1. The van der Waals surface area contributed by atoms with E-state index >= 15 is 0 Å². The number of rotatable bonds is 3. The molecule has 1 saturated heterocycles. The number of amides is 1. The molecule has 27 heavy (non-hydrogen) atoms. The standard InChI is InChI=1S/C18H23N5O3S/c1-14(24)21-11-9-17-19-20-18(22(17)13-12-21)16-8-5-10-23(16)27(25,26)15-6-3-2-4-7-15/h2-4,6-7,16H,5,8-13H2,1H3/t16-/m1/s1. The minimum Gasteiger partial charge on any atom is -0.341 e. The SMILES string of the molecule is CC(=O)N1CCc2nnc([C@H]3CCCN3S(=O)(=O)c3ccccc3)n2CC1. The number of aromatic nitrogens is 3. The van der Waals surface area contributed by atoms with Crippen molar-refractivity contribution in [2.24, 2.45) is 0 Å². The van der Waals surface area contributed by atoms with Crippen LogP contribution in [-0.4, -0.2) is 57.9 Å². The van der Waals surface area contributed by atoms with Gasteiger partial charge in [-0.25, -0.2) is 8.42 Å². The summed E-state index contributed by atoms with van der Waals surface area (Å²) in [6.07, 6.45) is 2.14. The van der Waals surface area contributed by atoms with Crippen LogP contribution in [0.15, 0.2) is 35.2 Å². The zero-order valence-corrected chi connectivity index (χ0v) is 16.1. The van der Waals surface area contributed by atoms with Gasteiger partial charge in [0.05, 0.1) is 10.9 Å². The van der Waals surface area contributed by atoms with E-state index in [1.165, 1.54) is 0 Å². The van der Waals surface area contributed by atoms with Gasteiger partial charge in [-0.1, -0.05) is 18.2 Å². The largest absolute Gasteiger partial charge is 0.341 e. The third kappa shape index (κ3) is 3.25. The van der Waals surface area contributed by atoms with Gasteiger partial charge in [-0.2, -0.15) is 4.31 Å². The summed E-state index contributed by atoms with van der Waals surface area (Å²) < 4.78 is 29.8. The van der Waals surface area contributed by atoms with Crippen LogP contribution in [0.3, 0.4) is 0 Å². The molecule has 0 N–H and O–H groups in total. The molecule has 2 aliphatic heterocycles. The Labute approximate surface area is 158 Å². The van der Waals surface area contributed by atoms with Gasteiger partial charge in [0.25, 0.3) is 0 Å². The average Bonchev–Trinajstić information content (AvgIpc) is 3.24. The van der Waals surface area contributed by atoms with Crippen LogP contribution in [0.5, 0.6) is 0 Å². The van der Waals surface area contributed by atoms with Gasteiger partial charge in [-0.3, -0.25) is 4.79 Å². The molecule has 2 aromatic rings. The molecule has 0 saturated carbocycles. The first-order chi connectivity index (χ1) is 13.0. The highest BCUT2D eigenvalue weighted by Crippen LogP contribution is 2.36. The molecule has 3 heterocycles. The molecule has 1 amide bonds. The summed E-state index contributed by atoms with van der Waals surface area (Å²) in [5.74, 6) is 1.55. The van der Waals surface area contributed by atoms with Gasteiger partial charge in [0, 0.05) is 39.5 Å². The maximum Gasteiger partial charge on any atom is 0.243 e. The van der Waals surface area contributed by atoms with Gasteiger partial charge in [0.1, 0.15) is 5.82 Å². The maximum atomic E-state index is 13.1. The van der Waals surface area contributed by atoms with E-state index in [0.717, 1.165) is 18.7 Å². The fourth-order valence-corrected chi connectivity index (χ4v) is 5.60. The normalized spacial score (nSPS) is 21.1. The van der Waals surface area contributed by atoms with E-state index in [1.54, 1.807) is 46.5 Å². The zero-order chi connectivity index (χ0) is 19.0. The first-order valence-electron chi connectivity index (χ1n) is 9.23. The molecular formula is C18H23N5O3S. The van der Waals surface area contributed by atoms with E-state index < -0.39 is 10.0 Å². The lowest BCUT2D eigenvalue weighted by Crippen LogP contribution is -2.33. The van der Waals surface area contributed by atoms with Crippen LogP contribution < -0.4 is 0 Å². The topological polar surface area (TPSA) is 88.4 Å². The first-order valence-corrected chi connectivity index (χ1v) is 10.7. The van der Waals surface area contributed by atoms with Crippen molar-refractivity contribution in [1.29, 1.82) is 0 Å². The monoisotopic (exact) mass is 389 g/mol. The number of hydrogen-bond donors (Lipinski definition) is 0. The highest BCUT2D eigenvalue weighted by atomic mass is 32.2. The lowest BCUT2D eigenvalue weighted by Gasteiger charge is -2.24. The van der Waals surface area contributed by atoms with E-state index in [1.807, 2.05) is 4.57 Å². The minimum atomic E-state index is -3.59. The van der Waals surface area contributed by atoms with Crippen molar-refractivity contribution >= 4 is 15.9 Å². The van der Waals surface area contributed by atoms with E-state index in [0.29, 0.717) is 43.3 Å². The summed E-state index contributed by atoms with van der Waals surface area (Å²) in [7, 11) is -3.59. The number of carbonyl (C=O) groups excluding carboxylic acids is 1. The fourth-order valence-electron chi connectivity index (χ4n) is 3.92. The molecule has 9 heteroatoms. The molecule has 0 unspecified atom stereocenters. The van der Waals surface area contributed by atoms with Gasteiger partial charge in [0.2, 0.25) is 15.9 Å². The van der Waals surface area contributed by atoms with Crippen LogP contribution >= 0.6 is 0 Å². The molecule has 1 aromatic heterocycles. The Balaban J connectivity index is 1.65. The third-order valence-corrected chi connectivity index (χ3v) is 7.27. The molecule has 8 nitrogen and oxygen atoms in total. The molecule has 144 valence electrons. The summed E-state index contributed by atoms with van der Waals surface area (Å²) in [6, 6.07) is 8.20. The molecular weight excluding hydrogens is 366 g/mol. The number of nitrogens with zero attached hydrogens (tertiary/aromatic N) is 5. The molecule has 4 rings (SSSR count). The van der Waals surface area contributed by atoms with Crippen molar-refractivity contribution in [3.8, 4) is 0 Å². The molecule has 0 radical (unpaired) electrons. The summed E-state index contributed by atoms with van der Waals surface area (Å²) in [5, 5.41) is 8.65. The van der Waals surface area contributed by atoms with E-state index in [-0.39, 0.29) is 11.9 Å². The zero-order valence-electron chi connectivity index (χ0n) is 15.3. The Morgan fingerprint density at radius 1 is 1.07 bits per heavy atom. The van der Waals surface area contributed by atoms with Crippen LogP contribution in [0.1, 0.15) is 37.5 Å². The Hall–Kier alpha value is -2.26. The number of hydrogen-bond acceptors (Lipinski definition) is 5. The van der Waals surface area contributed by atoms with Gasteiger partial charge in [-0.15, -0.1) is 10.2 Å². The molecule has 1 fully saturated rings. The predicted molar refractivity (Wildman–Crippen MR) is 98.3 cm³/mol. The predicted octanol–water partition coefficient (Wildman–Crippen LogP) is 1.21. The number of fused-ring (bicyclic) bond motifs is 1. The Morgan fingerprint density at radius 2 is 1.85 bits per heavy atom. The highest BCUT2D eigenvalue weighted by Gasteiger charge is 2.39. The molecule has 1 aromatic carbocycles. The van der Waals surface area contributed by atoms with Crippen molar-refractivity contribution in [2.45, 2.75) is 43.7 Å². The molecule has 0 spiro atoms. The summed E-state index contributed by atoms with van der Waals surface area (Å²) in [6.45, 7) is 3.84. The second-order valence-electron chi connectivity index (χ2n) is 6.97. The van der Waals surface area contributed by atoms with E-state index in [4.69, 9.17) is 0 Å². The van der Waals surface area contributed by atoms with E-state index in [2.05, 4.69) is 10.2 Å². The lowest BCUT2D eigenvalue weighted by molar-refractivity contribution is -0.128. The third-order valence-electron chi connectivity index (χ3n) is 5.35. The van der Waals surface area contributed by atoms with Crippen molar-refractivity contribution in [2.75, 3.05) is 19.6 Å². The summed E-state index contributed by atoms with van der Waals surface area (Å²) in [4.78, 5) is 13.8. The van der Waals surface area contributed by atoms with Crippen LogP contribution in [-0.2, 0) is 27.8 Å². The van der Waals surface area contributed by atoms with Crippen molar-refractivity contribution in [3.63, 3.8) is 0 Å². The van der Waals surface area contributed by atoms with Crippen LogP contribution in [0.2, 0.25) is 0 Å². The summed E-state index contributed by atoms with van der Waals surface area (Å²) in [5.41, 5.74) is 0. The average molecular weight is 389 g/mol. The van der Waals surface area contributed by atoms with Gasteiger partial charge >= 0.3 is 0 Å². The Bertz CT molecular complexity index is 941. The molecule has 1 atom stereocenters. The quantitative estimate of drug-likeness (QED) is 0.787. The first kappa shape index (κ1) is 18.1. The number of carbonyl (C=O) groups is 1. The van der Waals surface area contributed by atoms with Crippen molar-refractivity contribution in [1.82, 2.24) is 24.0 Å². The molecule has 0 bridgehead atoms. The number of sulfonamides is 1. The van der Waals surface area contributed by atoms with Crippen LogP contribution in [0, 0.1) is 0 Å². The second-order valence-corrected chi connectivity index (χ2v) is 8.86. The fraction of sp³-hybridized carbons (Fsp3) is 0.500. The van der Waals surface area contributed by atoms with Crippen molar-refractivity contribution < 1.29 is 13.2 Å². The highest BCUT2D eigenvalue weighted by molar-refractivity contribution is 7.89. The van der Waals surface area contributed by atoms with Gasteiger partial charge in [-0.05, 0) is 25.0 Å². The van der Waals surface area contributed by atoms with Gasteiger partial charge < -0.3 is 9.47 Å². The molecule has 0 aliphatic carbocycles. The van der Waals surface area contributed by atoms with Crippen LogP contribution in [0.25, 0.3) is 0 Å². The van der Waals surface area contributed by atoms with Crippen LogP contribution in [0.4, 0.5) is 0 Å². The van der Waals surface area contributed by atoms with E-state index in [9.17, 15) is 13.2 Å².